The van der Waals surface area contributed by atoms with Gasteiger partial charge in [0, 0.05) is 21.1 Å². The molecule has 0 aromatic heterocycles. The molecule has 0 aromatic rings. The lowest BCUT2D eigenvalue weighted by Gasteiger charge is -2.35. The van der Waals surface area contributed by atoms with E-state index in [4.69, 9.17) is 0 Å². The Labute approximate surface area is 86.9 Å². The van der Waals surface area contributed by atoms with Crippen LogP contribution in [0.1, 0.15) is 25.7 Å². The maximum absolute atomic E-state index is 12.6. The lowest BCUT2D eigenvalue weighted by Crippen LogP contribution is -2.39. The Morgan fingerprint density at radius 1 is 1.14 bits per heavy atom. The van der Waals surface area contributed by atoms with E-state index in [2.05, 4.69) is 14.4 Å². The molecule has 0 amide bonds. The van der Waals surface area contributed by atoms with Gasteiger partial charge in [0.15, 0.2) is 7.94 Å². The largest absolute Gasteiger partial charge is 0.636 e. The summed E-state index contributed by atoms with van der Waals surface area (Å²) in [6, 6.07) is 0.985. The van der Waals surface area contributed by atoms with E-state index in [0.29, 0.717) is 12.1 Å². The maximum atomic E-state index is 12.6. The van der Waals surface area contributed by atoms with Crippen LogP contribution in [0.5, 0.6) is 0 Å². The number of likely N-dealkylation sites (N-methyl/N-ethyl adjacent to an activating group) is 2. The van der Waals surface area contributed by atoms with Crippen molar-refractivity contribution in [3.8, 4) is 0 Å². The SMILES string of the molecule is CN[P+]1([O-])N(C)[C@@H]2CCCC[C@H]2N1C. The molecule has 0 bridgehead atoms. The summed E-state index contributed by atoms with van der Waals surface area (Å²) in [5.41, 5.74) is 0. The zero-order chi connectivity index (χ0) is 10.3. The highest BCUT2D eigenvalue weighted by Crippen LogP contribution is 2.61. The van der Waals surface area contributed by atoms with E-state index in [1.165, 1.54) is 25.7 Å². The second-order valence-electron chi connectivity index (χ2n) is 4.33. The van der Waals surface area contributed by atoms with Crippen LogP contribution >= 0.6 is 7.94 Å². The Morgan fingerprint density at radius 3 is 1.93 bits per heavy atom. The molecule has 14 heavy (non-hydrogen) atoms. The lowest BCUT2D eigenvalue weighted by atomic mass is 9.91. The monoisotopic (exact) mass is 217 g/mol. The van der Waals surface area contributed by atoms with Crippen molar-refractivity contribution in [1.82, 2.24) is 14.4 Å². The molecule has 2 fully saturated rings. The molecule has 1 aliphatic carbocycles. The van der Waals surface area contributed by atoms with Crippen LogP contribution < -0.4 is 9.98 Å². The van der Waals surface area contributed by atoms with Crippen LogP contribution in [0.15, 0.2) is 0 Å². The Hall–Kier alpha value is 0.270. The molecule has 0 unspecified atom stereocenters. The maximum Gasteiger partial charge on any atom is 0.182 e. The molecule has 2 rings (SSSR count). The molecular weight excluding hydrogens is 197 g/mol. The fourth-order valence-corrected chi connectivity index (χ4v) is 5.32. The van der Waals surface area contributed by atoms with Crippen molar-refractivity contribution in [1.29, 1.82) is 0 Å². The highest BCUT2D eigenvalue weighted by atomic mass is 31.2. The Kier molecular flexibility index (Phi) is 2.84. The molecule has 1 saturated carbocycles. The molecular formula is C9H20N3OP. The first kappa shape index (κ1) is 10.8. The Bertz CT molecular complexity index is 204. The first-order valence-electron chi connectivity index (χ1n) is 5.37. The molecule has 2 atom stereocenters. The van der Waals surface area contributed by atoms with Crippen LogP contribution in [0.2, 0.25) is 0 Å². The predicted molar refractivity (Wildman–Crippen MR) is 57.5 cm³/mol. The molecule has 1 heterocycles. The summed E-state index contributed by atoms with van der Waals surface area (Å²) < 4.78 is 4.13. The van der Waals surface area contributed by atoms with E-state index in [9.17, 15) is 4.89 Å². The fraction of sp³-hybridized carbons (Fsp3) is 1.00. The van der Waals surface area contributed by atoms with Gasteiger partial charge in [0.1, 0.15) is 0 Å². The lowest BCUT2D eigenvalue weighted by molar-refractivity contribution is -0.192. The van der Waals surface area contributed by atoms with E-state index in [1.807, 2.05) is 14.1 Å². The number of hydrogen-bond donors (Lipinski definition) is 1. The molecule has 1 N–H and O–H groups in total. The molecule has 0 radical (unpaired) electrons. The molecule has 0 aromatic carbocycles. The second-order valence-corrected chi connectivity index (χ2v) is 7.13. The smallest absolute Gasteiger partial charge is 0.182 e. The van der Waals surface area contributed by atoms with Crippen molar-refractivity contribution in [2.24, 2.45) is 0 Å². The van der Waals surface area contributed by atoms with Gasteiger partial charge in [0.25, 0.3) is 0 Å². The molecule has 0 spiro atoms. The summed E-state index contributed by atoms with van der Waals surface area (Å²) in [6.07, 6.45) is 4.94. The first-order chi connectivity index (χ1) is 6.61. The molecule has 1 saturated heterocycles. The highest BCUT2D eigenvalue weighted by Gasteiger charge is 2.55. The minimum absolute atomic E-state index is 0.493. The van der Waals surface area contributed by atoms with Crippen molar-refractivity contribution in [2.45, 2.75) is 37.8 Å². The quantitative estimate of drug-likeness (QED) is 0.647. The van der Waals surface area contributed by atoms with Crippen LogP contribution in [0.3, 0.4) is 0 Å². The van der Waals surface area contributed by atoms with Crippen LogP contribution in [-0.2, 0) is 0 Å². The van der Waals surface area contributed by atoms with Gasteiger partial charge in [-0.15, -0.1) is 0 Å². The third-order valence-electron chi connectivity index (χ3n) is 3.80. The van der Waals surface area contributed by atoms with E-state index in [0.717, 1.165) is 0 Å². The molecule has 4 nitrogen and oxygen atoms in total. The van der Waals surface area contributed by atoms with Crippen LogP contribution in [0, 0.1) is 0 Å². The van der Waals surface area contributed by atoms with Gasteiger partial charge in [-0.2, -0.15) is 14.4 Å². The van der Waals surface area contributed by atoms with Crippen molar-refractivity contribution < 1.29 is 4.89 Å². The topological polar surface area (TPSA) is 41.6 Å². The van der Waals surface area contributed by atoms with Crippen molar-refractivity contribution in [3.63, 3.8) is 0 Å². The normalized spacial score (nSPS) is 38.6. The summed E-state index contributed by atoms with van der Waals surface area (Å²) in [4.78, 5) is 12.6. The van der Waals surface area contributed by atoms with E-state index in [1.54, 1.807) is 7.05 Å². The molecule has 1 aliphatic heterocycles. The molecule has 5 heteroatoms. The van der Waals surface area contributed by atoms with Crippen molar-refractivity contribution in [3.05, 3.63) is 0 Å². The van der Waals surface area contributed by atoms with Gasteiger partial charge >= 0.3 is 0 Å². The summed E-state index contributed by atoms with van der Waals surface area (Å²) in [5, 5.41) is 3.00. The number of rotatable bonds is 1. The standard InChI is InChI=1S/C9H20N3OP/c1-10-14(13)11(2)8-6-4-5-7-9(8)12(14)3/h8-9H,4-7H2,1-3H3,(H,10,13)/t8-,9-/m1/s1. The van der Waals surface area contributed by atoms with E-state index >= 15 is 0 Å². The van der Waals surface area contributed by atoms with Gasteiger partial charge in [-0.05, 0) is 12.8 Å². The molecule has 82 valence electrons. The van der Waals surface area contributed by atoms with Crippen molar-refractivity contribution >= 4 is 7.94 Å². The average molecular weight is 217 g/mol. The van der Waals surface area contributed by atoms with E-state index in [-0.39, 0.29) is 0 Å². The first-order valence-corrected chi connectivity index (χ1v) is 6.98. The fourth-order valence-electron chi connectivity index (χ4n) is 2.90. The zero-order valence-corrected chi connectivity index (χ0v) is 10.1. The van der Waals surface area contributed by atoms with Crippen LogP contribution in [-0.4, -0.2) is 42.6 Å². The van der Waals surface area contributed by atoms with Crippen LogP contribution in [0.4, 0.5) is 0 Å². The highest BCUT2D eigenvalue weighted by molar-refractivity contribution is 7.62. The molecule has 2 aliphatic rings. The predicted octanol–water partition coefficient (Wildman–Crippen LogP) is 0.432. The number of nitrogens with one attached hydrogen (secondary N) is 1. The van der Waals surface area contributed by atoms with Gasteiger partial charge in [-0.1, -0.05) is 12.8 Å². The third kappa shape index (κ3) is 1.33. The number of hydrogen-bond acceptors (Lipinski definition) is 4. The number of fused-ring (bicyclic) bond motifs is 1. The summed E-state index contributed by atoms with van der Waals surface area (Å²) in [7, 11) is 3.35. The summed E-state index contributed by atoms with van der Waals surface area (Å²) in [5.74, 6) is 0. The van der Waals surface area contributed by atoms with Crippen molar-refractivity contribution in [2.75, 3.05) is 21.1 Å². The van der Waals surface area contributed by atoms with Gasteiger partial charge in [-0.3, -0.25) is 0 Å². The second kappa shape index (κ2) is 3.69. The third-order valence-corrected chi connectivity index (χ3v) is 6.69. The van der Waals surface area contributed by atoms with E-state index < -0.39 is 7.94 Å². The van der Waals surface area contributed by atoms with Gasteiger partial charge < -0.3 is 4.89 Å². The summed E-state index contributed by atoms with van der Waals surface area (Å²) >= 11 is 0. The van der Waals surface area contributed by atoms with Gasteiger partial charge in [0.2, 0.25) is 0 Å². The van der Waals surface area contributed by atoms with Gasteiger partial charge in [-0.25, -0.2) is 0 Å². The zero-order valence-electron chi connectivity index (χ0n) is 9.23. The minimum Gasteiger partial charge on any atom is -0.636 e. The van der Waals surface area contributed by atoms with Crippen LogP contribution in [0.25, 0.3) is 0 Å². The number of nitrogens with zero attached hydrogens (tertiary/aromatic N) is 2. The Balaban J connectivity index is 2.24. The Morgan fingerprint density at radius 2 is 1.57 bits per heavy atom. The van der Waals surface area contributed by atoms with Gasteiger partial charge in [0.05, 0.1) is 12.1 Å². The average Bonchev–Trinajstić information content (AvgIpc) is 2.43. The summed E-state index contributed by atoms with van der Waals surface area (Å²) in [6.45, 7) is 0. The minimum atomic E-state index is -2.42.